The highest BCUT2D eigenvalue weighted by Crippen LogP contribution is 2.30. The second-order valence-corrected chi connectivity index (χ2v) is 13.1. The van der Waals surface area contributed by atoms with E-state index in [0.717, 1.165) is 44.1 Å². The molecule has 1 saturated heterocycles. The Hall–Kier alpha value is -3.34. The van der Waals surface area contributed by atoms with Crippen LogP contribution in [0.1, 0.15) is 111 Å². The number of carboxylic acids is 1. The number of nitrogens with zero attached hydrogens (tertiary/aromatic N) is 1. The van der Waals surface area contributed by atoms with Gasteiger partial charge >= 0.3 is 5.97 Å². The summed E-state index contributed by atoms with van der Waals surface area (Å²) in [6, 6.07) is -0.992. The van der Waals surface area contributed by atoms with E-state index in [1.807, 2.05) is 33.8 Å². The molecule has 1 aliphatic rings. The summed E-state index contributed by atoms with van der Waals surface area (Å²) in [7, 11) is 0. The number of nitrogens with one attached hydrogen (secondary N) is 2. The van der Waals surface area contributed by atoms with Crippen molar-refractivity contribution in [3.05, 3.63) is 36.5 Å². The molecule has 0 bridgehead atoms. The molecular weight excluding hydrogens is 674 g/mol. The zero-order valence-corrected chi connectivity index (χ0v) is 31.6. The molecule has 15 nitrogen and oxygen atoms in total. The fourth-order valence-corrected chi connectivity index (χ4v) is 5.21. The summed E-state index contributed by atoms with van der Waals surface area (Å²) in [4.78, 5) is 39.0. The van der Waals surface area contributed by atoms with Crippen LogP contribution in [0.15, 0.2) is 41.4 Å². The summed E-state index contributed by atoms with van der Waals surface area (Å²) in [5, 5.41) is 52.6. The topological polar surface area (TPSA) is 259 Å². The summed E-state index contributed by atoms with van der Waals surface area (Å²) in [6.45, 7) is 11.7. The van der Waals surface area contributed by atoms with Crippen LogP contribution in [0.5, 0.6) is 0 Å². The van der Waals surface area contributed by atoms with Gasteiger partial charge in [-0.2, -0.15) is 0 Å². The lowest BCUT2D eigenvalue weighted by molar-refractivity contribution is -0.153. The normalized spacial score (nSPS) is 20.3. The molecule has 7 unspecified atom stereocenters. The van der Waals surface area contributed by atoms with Crippen LogP contribution in [0, 0.1) is 5.92 Å². The number of aliphatic imine (C=N–C) groups is 1. The molecule has 15 heteroatoms. The highest BCUT2D eigenvalue weighted by Gasteiger charge is 2.36. The van der Waals surface area contributed by atoms with Crippen molar-refractivity contribution in [1.29, 1.82) is 0 Å². The molecule has 0 spiro atoms. The van der Waals surface area contributed by atoms with E-state index in [4.69, 9.17) is 31.2 Å². The van der Waals surface area contributed by atoms with Crippen LogP contribution in [0.25, 0.3) is 0 Å². The van der Waals surface area contributed by atoms with E-state index >= 15 is 0 Å². The minimum atomic E-state index is -1.28. The number of aliphatic hydroxyl groups is 4. The molecule has 0 saturated carbocycles. The Bertz CT molecular complexity index is 1110. The van der Waals surface area contributed by atoms with Gasteiger partial charge in [-0.05, 0) is 71.1 Å². The fourth-order valence-electron chi connectivity index (χ4n) is 5.21. The van der Waals surface area contributed by atoms with Crippen LogP contribution >= 0.6 is 0 Å². The monoisotopic (exact) mass is 741 g/mol. The summed E-state index contributed by atoms with van der Waals surface area (Å²) in [5.41, 5.74) is 11.4. The minimum Gasteiger partial charge on any atom is -0.480 e. The van der Waals surface area contributed by atoms with Crippen molar-refractivity contribution in [1.82, 2.24) is 10.6 Å². The van der Waals surface area contributed by atoms with Gasteiger partial charge in [0.25, 0.3) is 5.91 Å². The maximum absolute atomic E-state index is 12.2. The molecule has 1 aliphatic heterocycles. The molecule has 11 N–H and O–H groups in total. The standard InChI is InChI=1S/C21H38N4O5.C16H29NO5/c1-2-16(26)15-17(27)11-8-6-4-3-5-7-9-13-19(28)25-18(20(29)30)12-10-14-24-21(22)23;1-5-6-7-14(21-9-18)17-16(20)15(19)13-8-10(2)11(3)12(4)22-13/h5,7,9,13,16-18,26-27H,2-4,6,8,10-12,14-15H2,1H3,(H,25,28)(H,29,30)(H4,22,23,24);11-15,18-19H,2,5-9H2,1,3-4H3,(H,17,20)/b7-5+,13-9+;/t;11-,12?,13?,14?,15?/m.1/s1. The average molecular weight is 742 g/mol. The third-order valence-corrected chi connectivity index (χ3v) is 8.70. The number of aliphatic carboxylic acids is 1. The number of allylic oxidation sites excluding steroid dienone is 3. The van der Waals surface area contributed by atoms with Gasteiger partial charge in [0, 0.05) is 18.5 Å². The Morgan fingerprint density at radius 3 is 2.31 bits per heavy atom. The highest BCUT2D eigenvalue weighted by atomic mass is 16.6. The van der Waals surface area contributed by atoms with Gasteiger partial charge in [-0.15, -0.1) is 0 Å². The van der Waals surface area contributed by atoms with Crippen molar-refractivity contribution >= 4 is 23.7 Å². The number of carbonyl (C=O) groups excluding carboxylic acids is 2. The van der Waals surface area contributed by atoms with E-state index in [1.54, 1.807) is 12.2 Å². The van der Waals surface area contributed by atoms with Crippen molar-refractivity contribution in [3.8, 4) is 0 Å². The van der Waals surface area contributed by atoms with Crippen molar-refractivity contribution < 1.29 is 49.4 Å². The SMILES string of the molecule is C=C1CC(C(O)C(=O)NC(CCCC)OCO)OC(C)[C@@H]1C.CCC(O)CC(O)CCCCC/C=C/C=C/C(=O)NC(CCCN=C(N)N)C(=O)O. The number of nitrogens with two attached hydrogens (primary N) is 2. The first-order valence-electron chi connectivity index (χ1n) is 18.5. The molecular formula is C37H67N5O10. The van der Waals surface area contributed by atoms with Gasteiger partial charge in [-0.3, -0.25) is 14.6 Å². The number of ether oxygens (including phenoxy) is 2. The first-order valence-corrected chi connectivity index (χ1v) is 18.5. The summed E-state index contributed by atoms with van der Waals surface area (Å²) in [6.07, 6.45) is 12.1. The molecule has 1 fully saturated rings. The lowest BCUT2D eigenvalue weighted by Gasteiger charge is -2.36. The predicted octanol–water partition coefficient (Wildman–Crippen LogP) is 2.51. The molecule has 0 aromatic rings. The fraction of sp³-hybridized carbons (Fsp3) is 0.730. The van der Waals surface area contributed by atoms with Gasteiger partial charge < -0.3 is 57.1 Å². The van der Waals surface area contributed by atoms with Crippen LogP contribution in [-0.4, -0.2) is 105 Å². The van der Waals surface area contributed by atoms with Gasteiger partial charge in [0.05, 0.1) is 24.4 Å². The molecule has 1 heterocycles. The molecule has 8 atom stereocenters. The number of hydrogen-bond donors (Lipinski definition) is 9. The van der Waals surface area contributed by atoms with Gasteiger partial charge in [-0.1, -0.05) is 70.4 Å². The van der Waals surface area contributed by atoms with E-state index in [2.05, 4.69) is 22.2 Å². The molecule has 1 rings (SSSR count). The maximum Gasteiger partial charge on any atom is 0.326 e. The van der Waals surface area contributed by atoms with E-state index in [1.165, 1.54) is 6.08 Å². The first-order chi connectivity index (χ1) is 24.7. The van der Waals surface area contributed by atoms with Gasteiger partial charge in [0.1, 0.15) is 19.1 Å². The Kier molecular flexibility index (Phi) is 27.3. The van der Waals surface area contributed by atoms with Gasteiger partial charge in [0.2, 0.25) is 5.91 Å². The number of hydrogen-bond acceptors (Lipinski definition) is 10. The second kappa shape index (κ2) is 29.2. The predicted molar refractivity (Wildman–Crippen MR) is 201 cm³/mol. The smallest absolute Gasteiger partial charge is 0.326 e. The number of carboxylic acid groups (broad SMARTS) is 1. The zero-order chi connectivity index (χ0) is 39.5. The number of amides is 2. The number of carbonyl (C=O) groups is 3. The second-order valence-electron chi connectivity index (χ2n) is 13.1. The molecule has 2 amide bonds. The average Bonchev–Trinajstić information content (AvgIpc) is 3.09. The number of aliphatic hydroxyl groups excluding tert-OH is 4. The van der Waals surface area contributed by atoms with Crippen LogP contribution in [0.2, 0.25) is 0 Å². The number of rotatable bonds is 25. The Morgan fingerprint density at radius 2 is 1.71 bits per heavy atom. The summed E-state index contributed by atoms with van der Waals surface area (Å²) >= 11 is 0. The molecule has 0 aromatic heterocycles. The maximum atomic E-state index is 12.2. The Morgan fingerprint density at radius 1 is 1.00 bits per heavy atom. The van der Waals surface area contributed by atoms with Gasteiger partial charge in [-0.25, -0.2) is 4.79 Å². The third kappa shape index (κ3) is 23.3. The van der Waals surface area contributed by atoms with Crippen LogP contribution in [0.3, 0.4) is 0 Å². The molecule has 300 valence electrons. The molecule has 0 aliphatic carbocycles. The first kappa shape index (κ1) is 48.7. The quantitative estimate of drug-likeness (QED) is 0.0124. The summed E-state index contributed by atoms with van der Waals surface area (Å²) < 4.78 is 10.8. The zero-order valence-electron chi connectivity index (χ0n) is 31.6. The lowest BCUT2D eigenvalue weighted by Crippen LogP contribution is -2.50. The van der Waals surface area contributed by atoms with Crippen LogP contribution < -0.4 is 22.1 Å². The highest BCUT2D eigenvalue weighted by molar-refractivity contribution is 5.91. The van der Waals surface area contributed by atoms with E-state index in [0.29, 0.717) is 45.1 Å². The number of guanidine groups is 1. The molecule has 0 aromatic carbocycles. The molecule has 0 radical (unpaired) electrons. The van der Waals surface area contributed by atoms with Gasteiger partial charge in [0.15, 0.2) is 12.1 Å². The van der Waals surface area contributed by atoms with Crippen molar-refractivity contribution in [3.63, 3.8) is 0 Å². The Balaban J connectivity index is 0.00000105. The largest absolute Gasteiger partial charge is 0.480 e. The van der Waals surface area contributed by atoms with Crippen molar-refractivity contribution in [2.24, 2.45) is 22.4 Å². The van der Waals surface area contributed by atoms with Crippen LogP contribution in [-0.2, 0) is 23.9 Å². The molecule has 52 heavy (non-hydrogen) atoms. The van der Waals surface area contributed by atoms with Crippen molar-refractivity contribution in [2.75, 3.05) is 13.3 Å². The van der Waals surface area contributed by atoms with E-state index < -0.39 is 61.3 Å². The minimum absolute atomic E-state index is 0.0509. The summed E-state index contributed by atoms with van der Waals surface area (Å²) in [5.74, 6) is -1.97. The van der Waals surface area contributed by atoms with Crippen LogP contribution in [0.4, 0.5) is 0 Å². The number of unbranched alkanes of at least 4 members (excludes halogenated alkanes) is 4. The third-order valence-electron chi connectivity index (χ3n) is 8.70. The van der Waals surface area contributed by atoms with E-state index in [-0.39, 0.29) is 24.4 Å². The van der Waals surface area contributed by atoms with Crippen molar-refractivity contribution in [2.45, 2.75) is 154 Å². The Labute approximate surface area is 309 Å². The lowest BCUT2D eigenvalue weighted by atomic mass is 9.88. The van der Waals surface area contributed by atoms with E-state index in [9.17, 15) is 29.7 Å².